The van der Waals surface area contributed by atoms with E-state index in [4.69, 9.17) is 4.74 Å². The van der Waals surface area contributed by atoms with Crippen molar-refractivity contribution < 1.29 is 14.3 Å². The number of hydrogen-bond donors (Lipinski definition) is 1. The Balaban J connectivity index is 1.44. The molecule has 1 amide bonds. The lowest BCUT2D eigenvalue weighted by Gasteiger charge is -2.29. The van der Waals surface area contributed by atoms with Crippen molar-refractivity contribution in [1.82, 2.24) is 4.98 Å². The summed E-state index contributed by atoms with van der Waals surface area (Å²) in [6, 6.07) is 18.7. The zero-order valence-corrected chi connectivity index (χ0v) is 16.1. The summed E-state index contributed by atoms with van der Waals surface area (Å²) in [5.41, 5.74) is 4.05. The third kappa shape index (κ3) is 4.11. The van der Waals surface area contributed by atoms with Gasteiger partial charge in [-0.05, 0) is 47.9 Å². The van der Waals surface area contributed by atoms with Crippen LogP contribution in [0.3, 0.4) is 0 Å². The van der Waals surface area contributed by atoms with Crippen LogP contribution in [0.15, 0.2) is 66.9 Å². The normalized spacial score (nSPS) is 12.8. The smallest absolute Gasteiger partial charge is 0.337 e. The summed E-state index contributed by atoms with van der Waals surface area (Å²) >= 11 is 0. The van der Waals surface area contributed by atoms with Gasteiger partial charge in [0, 0.05) is 25.0 Å². The number of fused-ring (bicyclic) bond motifs is 1. The number of ether oxygens (including phenoxy) is 1. The number of carbonyl (C=O) groups excluding carboxylic acids is 2. The van der Waals surface area contributed by atoms with Crippen molar-refractivity contribution in [1.29, 1.82) is 0 Å². The van der Waals surface area contributed by atoms with Crippen LogP contribution >= 0.6 is 0 Å². The molecule has 0 saturated carbocycles. The molecule has 0 spiro atoms. The molecule has 2 heterocycles. The number of aromatic nitrogens is 1. The first-order valence-electron chi connectivity index (χ1n) is 9.41. The van der Waals surface area contributed by atoms with Gasteiger partial charge in [-0.3, -0.25) is 4.79 Å². The van der Waals surface area contributed by atoms with Gasteiger partial charge >= 0.3 is 5.97 Å². The Morgan fingerprint density at radius 3 is 2.59 bits per heavy atom. The number of nitrogens with one attached hydrogen (secondary N) is 1. The lowest BCUT2D eigenvalue weighted by atomic mass is 10.00. The molecule has 6 heteroatoms. The number of esters is 1. The molecule has 0 fully saturated rings. The lowest BCUT2D eigenvalue weighted by molar-refractivity contribution is 0.0600. The zero-order valence-electron chi connectivity index (χ0n) is 16.1. The van der Waals surface area contributed by atoms with E-state index in [-0.39, 0.29) is 5.91 Å². The highest BCUT2D eigenvalue weighted by atomic mass is 16.5. The van der Waals surface area contributed by atoms with Crippen molar-refractivity contribution in [3.05, 3.63) is 89.1 Å². The Kier molecular flexibility index (Phi) is 5.24. The van der Waals surface area contributed by atoms with Crippen molar-refractivity contribution in [2.24, 2.45) is 0 Å². The van der Waals surface area contributed by atoms with Crippen molar-refractivity contribution in [2.45, 2.75) is 13.0 Å². The molecule has 146 valence electrons. The Bertz CT molecular complexity index is 1050. The van der Waals surface area contributed by atoms with Crippen LogP contribution in [-0.2, 0) is 17.7 Å². The maximum absolute atomic E-state index is 12.5. The van der Waals surface area contributed by atoms with Crippen LogP contribution in [0, 0.1) is 0 Å². The molecule has 1 aromatic heterocycles. The number of benzene rings is 2. The van der Waals surface area contributed by atoms with Crippen LogP contribution in [0.2, 0.25) is 0 Å². The predicted molar refractivity (Wildman–Crippen MR) is 111 cm³/mol. The minimum atomic E-state index is -0.449. The molecule has 1 aliphatic rings. The fourth-order valence-electron chi connectivity index (χ4n) is 3.44. The number of pyridine rings is 1. The molecule has 0 radical (unpaired) electrons. The summed E-state index contributed by atoms with van der Waals surface area (Å²) in [6.07, 6.45) is 2.56. The summed E-state index contributed by atoms with van der Waals surface area (Å²) in [7, 11) is 1.32. The van der Waals surface area contributed by atoms with Crippen LogP contribution in [0.5, 0.6) is 0 Å². The summed E-state index contributed by atoms with van der Waals surface area (Å²) in [5, 5.41) is 2.79. The standard InChI is InChI=1S/C23H21N3O3/c1-29-23(28)17-7-4-8-20(13-17)25-22(27)18-9-10-21(24-14-18)26-12-11-16-5-2-3-6-19(16)15-26/h2-10,13-14H,11-12,15H2,1H3,(H,25,27). The molecule has 6 nitrogen and oxygen atoms in total. The monoisotopic (exact) mass is 387 g/mol. The molecular formula is C23H21N3O3. The van der Waals surface area contributed by atoms with Gasteiger partial charge in [0.25, 0.3) is 5.91 Å². The Morgan fingerprint density at radius 1 is 1.00 bits per heavy atom. The molecule has 4 rings (SSSR count). The van der Waals surface area contributed by atoms with Crippen LogP contribution in [0.1, 0.15) is 31.8 Å². The molecule has 0 aliphatic carbocycles. The Morgan fingerprint density at radius 2 is 1.83 bits per heavy atom. The average Bonchev–Trinajstić information content (AvgIpc) is 2.78. The molecule has 2 aromatic carbocycles. The van der Waals surface area contributed by atoms with E-state index in [9.17, 15) is 9.59 Å². The second kappa shape index (κ2) is 8.14. The van der Waals surface area contributed by atoms with Crippen molar-refractivity contribution in [3.8, 4) is 0 Å². The minimum absolute atomic E-state index is 0.282. The molecular weight excluding hydrogens is 366 g/mol. The number of hydrogen-bond acceptors (Lipinski definition) is 5. The van der Waals surface area contributed by atoms with E-state index in [2.05, 4.69) is 39.5 Å². The van der Waals surface area contributed by atoms with Crippen molar-refractivity contribution in [2.75, 3.05) is 23.9 Å². The topological polar surface area (TPSA) is 71.5 Å². The Labute approximate surface area is 169 Å². The maximum Gasteiger partial charge on any atom is 0.337 e. The highest BCUT2D eigenvalue weighted by Gasteiger charge is 2.17. The van der Waals surface area contributed by atoms with Gasteiger partial charge in [0.2, 0.25) is 0 Å². The van der Waals surface area contributed by atoms with Gasteiger partial charge in [0.05, 0.1) is 18.2 Å². The number of amides is 1. The quantitative estimate of drug-likeness (QED) is 0.692. The third-order valence-corrected chi connectivity index (χ3v) is 5.01. The van der Waals surface area contributed by atoms with E-state index in [1.54, 1.807) is 36.5 Å². The molecule has 0 bridgehead atoms. The number of carbonyl (C=O) groups is 2. The average molecular weight is 387 g/mol. The van der Waals surface area contributed by atoms with Gasteiger partial charge in [0.1, 0.15) is 5.82 Å². The second-order valence-electron chi connectivity index (χ2n) is 6.87. The van der Waals surface area contributed by atoms with Gasteiger partial charge in [-0.25, -0.2) is 9.78 Å². The second-order valence-corrected chi connectivity index (χ2v) is 6.87. The zero-order chi connectivity index (χ0) is 20.2. The maximum atomic E-state index is 12.5. The molecule has 0 atom stereocenters. The molecule has 1 aliphatic heterocycles. The summed E-state index contributed by atoms with van der Waals surface area (Å²) < 4.78 is 4.71. The highest BCUT2D eigenvalue weighted by molar-refractivity contribution is 6.04. The number of rotatable bonds is 4. The first-order chi connectivity index (χ1) is 14.1. The molecule has 29 heavy (non-hydrogen) atoms. The lowest BCUT2D eigenvalue weighted by Crippen LogP contribution is -2.31. The Hall–Kier alpha value is -3.67. The van der Waals surface area contributed by atoms with Crippen molar-refractivity contribution in [3.63, 3.8) is 0 Å². The van der Waals surface area contributed by atoms with E-state index < -0.39 is 5.97 Å². The van der Waals surface area contributed by atoms with Gasteiger partial charge in [-0.1, -0.05) is 30.3 Å². The predicted octanol–water partition coefficient (Wildman–Crippen LogP) is 3.68. The number of anilines is 2. The number of methoxy groups -OCH3 is 1. The highest BCUT2D eigenvalue weighted by Crippen LogP contribution is 2.23. The minimum Gasteiger partial charge on any atom is -0.465 e. The van der Waals surface area contributed by atoms with Gasteiger partial charge in [-0.15, -0.1) is 0 Å². The fraction of sp³-hybridized carbons (Fsp3) is 0.174. The molecule has 0 saturated heterocycles. The van der Waals surface area contributed by atoms with E-state index >= 15 is 0 Å². The van der Waals surface area contributed by atoms with Gasteiger partial charge in [-0.2, -0.15) is 0 Å². The SMILES string of the molecule is COC(=O)c1cccc(NC(=O)c2ccc(N3CCc4ccccc4C3)nc2)c1. The van der Waals surface area contributed by atoms with E-state index in [1.165, 1.54) is 18.2 Å². The van der Waals surface area contributed by atoms with Crippen LogP contribution in [0.4, 0.5) is 11.5 Å². The fourth-order valence-corrected chi connectivity index (χ4v) is 3.44. The summed E-state index contributed by atoms with van der Waals surface area (Å²) in [4.78, 5) is 30.9. The number of nitrogens with zero attached hydrogens (tertiary/aromatic N) is 2. The molecule has 3 aromatic rings. The summed E-state index contributed by atoms with van der Waals surface area (Å²) in [6.45, 7) is 1.71. The van der Waals surface area contributed by atoms with Crippen molar-refractivity contribution >= 4 is 23.4 Å². The third-order valence-electron chi connectivity index (χ3n) is 5.01. The van der Waals surface area contributed by atoms with Crippen LogP contribution in [0.25, 0.3) is 0 Å². The van der Waals surface area contributed by atoms with Crippen LogP contribution < -0.4 is 10.2 Å². The van der Waals surface area contributed by atoms with E-state index in [1.807, 2.05) is 6.07 Å². The van der Waals surface area contributed by atoms with Crippen LogP contribution in [-0.4, -0.2) is 30.5 Å². The summed E-state index contributed by atoms with van der Waals surface area (Å²) in [5.74, 6) is 0.119. The largest absolute Gasteiger partial charge is 0.465 e. The molecule has 0 unspecified atom stereocenters. The molecule has 1 N–H and O–H groups in total. The first kappa shape index (κ1) is 18.7. The van der Waals surface area contributed by atoms with E-state index in [0.717, 1.165) is 25.3 Å². The first-order valence-corrected chi connectivity index (χ1v) is 9.41. The van der Waals surface area contributed by atoms with E-state index in [0.29, 0.717) is 16.8 Å². The van der Waals surface area contributed by atoms with Gasteiger partial charge in [0.15, 0.2) is 0 Å². The van der Waals surface area contributed by atoms with Gasteiger partial charge < -0.3 is 15.0 Å².